The standard InChI is InChI=1S/C17H28N4O3/c1-11-13(9-19-20-11)10-21(2)17(22)8-14(18)12-5-6-15(23-3)16(7-12)24-4/h5-7,11,13-14,19-20H,8-10,18H2,1-4H3. The van der Waals surface area contributed by atoms with Crippen LogP contribution in [0.1, 0.15) is 24.9 Å². The average molecular weight is 336 g/mol. The number of carbonyl (C=O) groups excluding carboxylic acids is 1. The minimum atomic E-state index is -0.378. The van der Waals surface area contributed by atoms with Crippen molar-refractivity contribution in [2.24, 2.45) is 11.7 Å². The molecule has 0 aliphatic carbocycles. The number of hydrogen-bond acceptors (Lipinski definition) is 6. The molecule has 7 heteroatoms. The largest absolute Gasteiger partial charge is 0.493 e. The van der Waals surface area contributed by atoms with Crippen LogP contribution in [-0.4, -0.2) is 51.2 Å². The Morgan fingerprint density at radius 1 is 1.38 bits per heavy atom. The number of amides is 1. The van der Waals surface area contributed by atoms with Crippen molar-refractivity contribution < 1.29 is 14.3 Å². The second-order valence-electron chi connectivity index (χ2n) is 6.27. The number of hydrazine groups is 1. The number of nitrogens with one attached hydrogen (secondary N) is 2. The maximum absolute atomic E-state index is 12.4. The number of methoxy groups -OCH3 is 2. The first-order valence-electron chi connectivity index (χ1n) is 8.16. The van der Waals surface area contributed by atoms with Gasteiger partial charge in [0.25, 0.3) is 0 Å². The topological polar surface area (TPSA) is 88.9 Å². The Kier molecular flexibility index (Phi) is 6.42. The molecule has 134 valence electrons. The van der Waals surface area contributed by atoms with E-state index in [-0.39, 0.29) is 18.4 Å². The SMILES string of the molecule is COc1ccc(C(N)CC(=O)N(C)CC2CNNC2C)cc1OC. The van der Waals surface area contributed by atoms with E-state index in [0.717, 1.165) is 12.1 Å². The minimum absolute atomic E-state index is 0.0383. The van der Waals surface area contributed by atoms with Gasteiger partial charge in [-0.2, -0.15) is 0 Å². The van der Waals surface area contributed by atoms with Gasteiger partial charge in [-0.15, -0.1) is 0 Å². The predicted molar refractivity (Wildman–Crippen MR) is 92.8 cm³/mol. The molecule has 3 atom stereocenters. The van der Waals surface area contributed by atoms with Gasteiger partial charge in [-0.1, -0.05) is 6.07 Å². The van der Waals surface area contributed by atoms with Crippen molar-refractivity contribution in [1.29, 1.82) is 0 Å². The molecule has 1 heterocycles. The van der Waals surface area contributed by atoms with E-state index in [1.807, 2.05) is 19.2 Å². The summed E-state index contributed by atoms with van der Waals surface area (Å²) in [5, 5.41) is 0. The first-order chi connectivity index (χ1) is 11.5. The van der Waals surface area contributed by atoms with E-state index in [1.54, 1.807) is 25.2 Å². The van der Waals surface area contributed by atoms with Gasteiger partial charge in [-0.25, -0.2) is 0 Å². The summed E-state index contributed by atoms with van der Waals surface area (Å²) in [6.07, 6.45) is 0.258. The van der Waals surface area contributed by atoms with Crippen molar-refractivity contribution in [3.8, 4) is 11.5 Å². The van der Waals surface area contributed by atoms with Crippen LogP contribution in [0.4, 0.5) is 0 Å². The lowest BCUT2D eigenvalue weighted by molar-refractivity contribution is -0.130. The number of ether oxygens (including phenoxy) is 2. The molecule has 1 saturated heterocycles. The van der Waals surface area contributed by atoms with E-state index in [1.165, 1.54) is 0 Å². The third kappa shape index (κ3) is 4.37. The summed E-state index contributed by atoms with van der Waals surface area (Å²) < 4.78 is 10.5. The van der Waals surface area contributed by atoms with Crippen molar-refractivity contribution in [3.63, 3.8) is 0 Å². The van der Waals surface area contributed by atoms with Crippen LogP contribution in [0.25, 0.3) is 0 Å². The zero-order valence-corrected chi connectivity index (χ0v) is 14.8. The van der Waals surface area contributed by atoms with Gasteiger partial charge in [0.05, 0.1) is 14.2 Å². The van der Waals surface area contributed by atoms with Crippen LogP contribution in [0, 0.1) is 5.92 Å². The lowest BCUT2D eigenvalue weighted by atomic mass is 10.0. The normalized spacial score (nSPS) is 21.4. The number of nitrogens with two attached hydrogens (primary N) is 1. The molecule has 24 heavy (non-hydrogen) atoms. The molecule has 2 rings (SSSR count). The number of rotatable bonds is 7. The zero-order valence-electron chi connectivity index (χ0n) is 14.8. The van der Waals surface area contributed by atoms with Gasteiger partial charge in [0.15, 0.2) is 11.5 Å². The van der Waals surface area contributed by atoms with Crippen LogP contribution in [0.3, 0.4) is 0 Å². The summed E-state index contributed by atoms with van der Waals surface area (Å²) in [6, 6.07) is 5.46. The van der Waals surface area contributed by atoms with E-state index in [4.69, 9.17) is 15.2 Å². The Bertz CT molecular complexity index is 567. The Hall–Kier alpha value is -1.83. The van der Waals surface area contributed by atoms with Gasteiger partial charge in [0.2, 0.25) is 5.91 Å². The number of benzene rings is 1. The van der Waals surface area contributed by atoms with E-state index in [0.29, 0.717) is 30.0 Å². The van der Waals surface area contributed by atoms with Crippen LogP contribution < -0.4 is 26.1 Å². The predicted octanol–water partition coefficient (Wildman–Crippen LogP) is 0.665. The van der Waals surface area contributed by atoms with E-state index in [2.05, 4.69) is 17.8 Å². The highest BCUT2D eigenvalue weighted by Gasteiger charge is 2.26. The summed E-state index contributed by atoms with van der Waals surface area (Å²) in [5.41, 5.74) is 13.4. The fraction of sp³-hybridized carbons (Fsp3) is 0.588. The lowest BCUT2D eigenvalue weighted by Crippen LogP contribution is -2.37. The summed E-state index contributed by atoms with van der Waals surface area (Å²) in [6.45, 7) is 3.68. The number of nitrogens with zero attached hydrogens (tertiary/aromatic N) is 1. The lowest BCUT2D eigenvalue weighted by Gasteiger charge is -2.24. The van der Waals surface area contributed by atoms with E-state index < -0.39 is 0 Å². The zero-order chi connectivity index (χ0) is 17.7. The van der Waals surface area contributed by atoms with Crippen molar-refractivity contribution in [3.05, 3.63) is 23.8 Å². The second-order valence-corrected chi connectivity index (χ2v) is 6.27. The molecule has 4 N–H and O–H groups in total. The Morgan fingerprint density at radius 3 is 2.67 bits per heavy atom. The maximum Gasteiger partial charge on any atom is 0.224 e. The summed E-state index contributed by atoms with van der Waals surface area (Å²) in [4.78, 5) is 14.2. The minimum Gasteiger partial charge on any atom is -0.493 e. The summed E-state index contributed by atoms with van der Waals surface area (Å²) in [7, 11) is 5.00. The van der Waals surface area contributed by atoms with E-state index in [9.17, 15) is 4.79 Å². The van der Waals surface area contributed by atoms with Crippen LogP contribution in [-0.2, 0) is 4.79 Å². The van der Waals surface area contributed by atoms with Crippen LogP contribution in [0.15, 0.2) is 18.2 Å². The van der Waals surface area contributed by atoms with Gasteiger partial charge in [-0.3, -0.25) is 15.6 Å². The van der Waals surface area contributed by atoms with Gasteiger partial charge in [0.1, 0.15) is 0 Å². The third-order valence-corrected chi connectivity index (χ3v) is 4.57. The molecule has 1 aromatic rings. The number of carbonyl (C=O) groups is 1. The Labute approximate surface area is 143 Å². The molecule has 1 fully saturated rings. The van der Waals surface area contributed by atoms with Gasteiger partial charge in [-0.05, 0) is 24.6 Å². The highest BCUT2D eigenvalue weighted by atomic mass is 16.5. The Morgan fingerprint density at radius 2 is 2.08 bits per heavy atom. The molecular weight excluding hydrogens is 308 g/mol. The molecule has 0 spiro atoms. The van der Waals surface area contributed by atoms with E-state index >= 15 is 0 Å². The van der Waals surface area contributed by atoms with Crippen molar-refractivity contribution in [2.45, 2.75) is 25.4 Å². The molecule has 0 bridgehead atoms. The highest BCUT2D eigenvalue weighted by molar-refractivity contribution is 5.76. The fourth-order valence-electron chi connectivity index (χ4n) is 2.87. The molecule has 1 aliphatic heterocycles. The maximum atomic E-state index is 12.4. The summed E-state index contributed by atoms with van der Waals surface area (Å²) in [5.74, 6) is 1.70. The second kappa shape index (κ2) is 8.32. The van der Waals surface area contributed by atoms with Crippen molar-refractivity contribution >= 4 is 5.91 Å². The molecule has 1 amide bonds. The molecular formula is C17H28N4O3. The van der Waals surface area contributed by atoms with Gasteiger partial charge in [0, 0.05) is 44.6 Å². The Balaban J connectivity index is 1.95. The molecule has 7 nitrogen and oxygen atoms in total. The average Bonchev–Trinajstić information content (AvgIpc) is 2.98. The monoisotopic (exact) mass is 336 g/mol. The smallest absolute Gasteiger partial charge is 0.224 e. The van der Waals surface area contributed by atoms with Crippen molar-refractivity contribution in [1.82, 2.24) is 15.8 Å². The van der Waals surface area contributed by atoms with Crippen LogP contribution in [0.2, 0.25) is 0 Å². The molecule has 1 aromatic carbocycles. The van der Waals surface area contributed by atoms with Gasteiger partial charge >= 0.3 is 0 Å². The van der Waals surface area contributed by atoms with Crippen LogP contribution >= 0.6 is 0 Å². The molecule has 3 unspecified atom stereocenters. The first-order valence-corrected chi connectivity index (χ1v) is 8.16. The molecule has 0 radical (unpaired) electrons. The first kappa shape index (κ1) is 18.5. The molecule has 0 aromatic heterocycles. The highest BCUT2D eigenvalue weighted by Crippen LogP contribution is 2.30. The quantitative estimate of drug-likeness (QED) is 0.678. The van der Waals surface area contributed by atoms with Crippen LogP contribution in [0.5, 0.6) is 11.5 Å². The summed E-state index contributed by atoms with van der Waals surface area (Å²) >= 11 is 0. The fourth-order valence-corrected chi connectivity index (χ4v) is 2.87. The molecule has 0 saturated carbocycles. The molecule has 1 aliphatic rings. The van der Waals surface area contributed by atoms with Gasteiger partial charge < -0.3 is 20.1 Å². The third-order valence-electron chi connectivity index (χ3n) is 4.57. The number of hydrogen-bond donors (Lipinski definition) is 3. The van der Waals surface area contributed by atoms with Crippen molar-refractivity contribution in [2.75, 3.05) is 34.4 Å².